The second-order valence-electron chi connectivity index (χ2n) is 7.56. The molecule has 0 aliphatic carbocycles. The Morgan fingerprint density at radius 1 is 0.879 bits per heavy atom. The first-order valence-electron chi connectivity index (χ1n) is 10.1. The molecule has 2 aromatic carbocycles. The van der Waals surface area contributed by atoms with E-state index in [0.717, 1.165) is 11.1 Å². The van der Waals surface area contributed by atoms with Crippen molar-refractivity contribution in [2.24, 2.45) is 0 Å². The summed E-state index contributed by atoms with van der Waals surface area (Å²) in [4.78, 5) is 22.8. The lowest BCUT2D eigenvalue weighted by molar-refractivity contribution is -0.684. The minimum absolute atomic E-state index is 0.0597. The fourth-order valence-corrected chi connectivity index (χ4v) is 4.22. The van der Waals surface area contributed by atoms with Crippen molar-refractivity contribution in [3.63, 3.8) is 0 Å². The number of sulfonamides is 1. The molecule has 0 fully saturated rings. The van der Waals surface area contributed by atoms with Gasteiger partial charge in [0.05, 0.1) is 10.6 Å². The maximum Gasteiger partial charge on any atom is 0.290 e. The third-order valence-electron chi connectivity index (χ3n) is 5.09. The standard InChI is InChI=1S/C23H25N5O4S/c1-16-12-28(13-17(2)18(16)3)14-23(30)25-19-8-10-22(11-9-19)33(31,32)27-21-6-4-20(5-7-21)26-24-15-29/h4-13,15,26-27H,14H2,1-3H3,(H-,24,25,29,30)/p+1. The molecule has 0 bridgehead atoms. The quantitative estimate of drug-likeness (QED) is 0.218. The molecular formula is C23H26N5O4S+. The van der Waals surface area contributed by atoms with Gasteiger partial charge in [-0.05, 0) is 74.9 Å². The molecule has 0 saturated heterocycles. The second kappa shape index (κ2) is 10.1. The largest absolute Gasteiger partial charge is 0.321 e. The van der Waals surface area contributed by atoms with Gasteiger partial charge in [-0.3, -0.25) is 25.2 Å². The van der Waals surface area contributed by atoms with Gasteiger partial charge in [0.15, 0.2) is 12.4 Å². The topological polar surface area (TPSA) is 120 Å². The molecule has 0 unspecified atom stereocenters. The van der Waals surface area contributed by atoms with Crippen LogP contribution in [0.1, 0.15) is 16.7 Å². The van der Waals surface area contributed by atoms with E-state index in [2.05, 4.69) is 20.9 Å². The molecule has 3 aromatic rings. The van der Waals surface area contributed by atoms with Gasteiger partial charge < -0.3 is 5.32 Å². The van der Waals surface area contributed by atoms with Gasteiger partial charge in [-0.1, -0.05) is 0 Å². The summed E-state index contributed by atoms with van der Waals surface area (Å²) in [5, 5.41) is 2.78. The van der Waals surface area contributed by atoms with Crippen molar-refractivity contribution in [1.82, 2.24) is 5.43 Å². The summed E-state index contributed by atoms with van der Waals surface area (Å²) in [5.41, 5.74) is 9.79. The molecule has 0 aliphatic rings. The molecule has 33 heavy (non-hydrogen) atoms. The van der Waals surface area contributed by atoms with E-state index in [9.17, 15) is 18.0 Å². The Bertz CT molecular complexity index is 1230. The number of anilines is 3. The summed E-state index contributed by atoms with van der Waals surface area (Å²) in [6, 6.07) is 12.3. The molecule has 10 heteroatoms. The molecular weight excluding hydrogens is 442 g/mol. The van der Waals surface area contributed by atoms with Gasteiger partial charge in [-0.15, -0.1) is 0 Å². The molecule has 4 N–H and O–H groups in total. The first-order chi connectivity index (χ1) is 15.7. The Hall–Kier alpha value is -3.92. The minimum Gasteiger partial charge on any atom is -0.321 e. The number of amides is 2. The smallest absolute Gasteiger partial charge is 0.290 e. The highest BCUT2D eigenvalue weighted by atomic mass is 32.2. The number of benzene rings is 2. The number of rotatable bonds is 9. The van der Waals surface area contributed by atoms with Crippen molar-refractivity contribution in [1.29, 1.82) is 0 Å². The SMILES string of the molecule is Cc1c[n+](CC(=O)Nc2ccc(S(=O)(=O)Nc3ccc(NNC=O)cc3)cc2)cc(C)c1C. The zero-order valence-electron chi connectivity index (χ0n) is 18.5. The predicted molar refractivity (Wildman–Crippen MR) is 126 cm³/mol. The molecule has 2 amide bonds. The van der Waals surface area contributed by atoms with Crippen LogP contribution in [-0.2, 0) is 26.2 Å². The number of aromatic nitrogens is 1. The average molecular weight is 469 g/mol. The van der Waals surface area contributed by atoms with E-state index in [-0.39, 0.29) is 17.3 Å². The first kappa shape index (κ1) is 23.7. The zero-order valence-corrected chi connectivity index (χ0v) is 19.4. The van der Waals surface area contributed by atoms with Crippen molar-refractivity contribution in [2.75, 3.05) is 15.5 Å². The molecule has 0 aliphatic heterocycles. The summed E-state index contributed by atoms with van der Waals surface area (Å²) in [6.45, 7) is 6.19. The minimum atomic E-state index is -3.81. The maximum absolute atomic E-state index is 12.6. The van der Waals surface area contributed by atoms with Crippen molar-refractivity contribution in [2.45, 2.75) is 32.2 Å². The van der Waals surface area contributed by atoms with Gasteiger partial charge in [-0.25, -0.2) is 8.42 Å². The maximum atomic E-state index is 12.6. The van der Waals surface area contributed by atoms with Crippen LogP contribution in [0.25, 0.3) is 0 Å². The summed E-state index contributed by atoms with van der Waals surface area (Å²) < 4.78 is 29.6. The van der Waals surface area contributed by atoms with Crippen LogP contribution in [0.3, 0.4) is 0 Å². The lowest BCUT2D eigenvalue weighted by atomic mass is 10.1. The molecule has 0 spiro atoms. The highest BCUT2D eigenvalue weighted by Crippen LogP contribution is 2.20. The van der Waals surface area contributed by atoms with Crippen LogP contribution in [0, 0.1) is 20.8 Å². The van der Waals surface area contributed by atoms with Crippen LogP contribution in [0.15, 0.2) is 65.8 Å². The molecule has 1 heterocycles. The number of carbonyl (C=O) groups is 2. The number of hydrazine groups is 1. The van der Waals surface area contributed by atoms with Gasteiger partial charge in [-0.2, -0.15) is 4.57 Å². The fraction of sp³-hybridized carbons (Fsp3) is 0.174. The van der Waals surface area contributed by atoms with Crippen molar-refractivity contribution in [3.8, 4) is 0 Å². The third-order valence-corrected chi connectivity index (χ3v) is 6.49. The van der Waals surface area contributed by atoms with Crippen LogP contribution >= 0.6 is 0 Å². The number of nitrogens with zero attached hydrogens (tertiary/aromatic N) is 1. The first-order valence-corrected chi connectivity index (χ1v) is 11.6. The van der Waals surface area contributed by atoms with E-state index >= 15 is 0 Å². The van der Waals surface area contributed by atoms with Gasteiger partial charge in [0.25, 0.3) is 15.9 Å². The summed E-state index contributed by atoms with van der Waals surface area (Å²) in [6.07, 6.45) is 4.33. The molecule has 1 aromatic heterocycles. The van der Waals surface area contributed by atoms with E-state index in [1.807, 2.05) is 37.7 Å². The Kier molecular flexibility index (Phi) is 7.29. The van der Waals surface area contributed by atoms with Crippen molar-refractivity contribution in [3.05, 3.63) is 77.6 Å². The van der Waals surface area contributed by atoms with E-state index in [4.69, 9.17) is 0 Å². The Labute approximate surface area is 192 Å². The van der Waals surface area contributed by atoms with Crippen LogP contribution in [-0.4, -0.2) is 20.7 Å². The van der Waals surface area contributed by atoms with Crippen molar-refractivity contribution < 1.29 is 22.6 Å². The van der Waals surface area contributed by atoms with Crippen LogP contribution < -0.4 is 25.5 Å². The summed E-state index contributed by atoms with van der Waals surface area (Å²) >= 11 is 0. The average Bonchev–Trinajstić information content (AvgIpc) is 2.77. The van der Waals surface area contributed by atoms with Gasteiger partial charge >= 0.3 is 0 Å². The number of carbonyl (C=O) groups excluding carboxylic acids is 2. The Balaban J connectivity index is 1.62. The molecule has 0 atom stereocenters. The van der Waals surface area contributed by atoms with E-state index in [0.29, 0.717) is 23.5 Å². The number of aryl methyl sites for hydroxylation is 2. The van der Waals surface area contributed by atoms with Gasteiger partial charge in [0.2, 0.25) is 13.0 Å². The fourth-order valence-electron chi connectivity index (χ4n) is 3.16. The second-order valence-corrected chi connectivity index (χ2v) is 9.25. The van der Waals surface area contributed by atoms with Crippen LogP contribution in [0.2, 0.25) is 0 Å². The number of hydrogen-bond acceptors (Lipinski definition) is 5. The predicted octanol–water partition coefficient (Wildman–Crippen LogP) is 2.41. The monoisotopic (exact) mass is 468 g/mol. The van der Waals surface area contributed by atoms with Gasteiger partial charge in [0, 0.05) is 22.5 Å². The molecule has 0 saturated carbocycles. The van der Waals surface area contributed by atoms with Crippen molar-refractivity contribution >= 4 is 39.4 Å². The number of hydrogen-bond donors (Lipinski definition) is 4. The normalized spacial score (nSPS) is 10.9. The van der Waals surface area contributed by atoms with Crippen LogP contribution in [0.5, 0.6) is 0 Å². The van der Waals surface area contributed by atoms with Crippen LogP contribution in [0.4, 0.5) is 17.1 Å². The lowest BCUT2D eigenvalue weighted by Crippen LogP contribution is -2.40. The van der Waals surface area contributed by atoms with Gasteiger partial charge in [0.1, 0.15) is 0 Å². The highest BCUT2D eigenvalue weighted by molar-refractivity contribution is 7.92. The Morgan fingerprint density at radius 2 is 1.42 bits per heavy atom. The summed E-state index contributed by atoms with van der Waals surface area (Å²) in [7, 11) is -3.81. The number of pyridine rings is 1. The molecule has 0 radical (unpaired) electrons. The van der Waals surface area contributed by atoms with E-state index in [1.165, 1.54) is 17.7 Å². The molecule has 3 rings (SSSR count). The Morgan fingerprint density at radius 3 is 2.00 bits per heavy atom. The molecule has 172 valence electrons. The molecule has 9 nitrogen and oxygen atoms in total. The zero-order chi connectivity index (χ0) is 24.0. The van der Waals surface area contributed by atoms with E-state index < -0.39 is 10.0 Å². The highest BCUT2D eigenvalue weighted by Gasteiger charge is 2.16. The van der Waals surface area contributed by atoms with E-state index in [1.54, 1.807) is 36.4 Å². The summed E-state index contributed by atoms with van der Waals surface area (Å²) in [5.74, 6) is -0.214. The third kappa shape index (κ3) is 6.30. The lowest BCUT2D eigenvalue weighted by Gasteiger charge is -2.10. The number of nitrogens with one attached hydrogen (secondary N) is 4.